The van der Waals surface area contributed by atoms with Crippen LogP contribution in [0.5, 0.6) is 5.75 Å². The number of ether oxygens (including phenoxy) is 1. The van der Waals surface area contributed by atoms with Crippen LogP contribution in [0.2, 0.25) is 5.02 Å². The second-order valence-corrected chi connectivity index (χ2v) is 10.1. The summed E-state index contributed by atoms with van der Waals surface area (Å²) >= 11 is 6.04. The topological polar surface area (TPSA) is 110 Å². The van der Waals surface area contributed by atoms with Gasteiger partial charge in [-0.15, -0.1) is 0 Å². The number of rotatable bonds is 6. The quantitative estimate of drug-likeness (QED) is 0.387. The molecule has 1 aliphatic heterocycles. The normalized spacial score (nSPS) is 13.8. The summed E-state index contributed by atoms with van der Waals surface area (Å²) < 4.78 is 5.97. The van der Waals surface area contributed by atoms with Crippen molar-refractivity contribution in [3.63, 3.8) is 0 Å². The first-order valence-electron chi connectivity index (χ1n) is 12.6. The van der Waals surface area contributed by atoms with E-state index in [0.717, 1.165) is 22.4 Å². The zero-order valence-corrected chi connectivity index (χ0v) is 22.4. The maximum absolute atomic E-state index is 13.0. The van der Waals surface area contributed by atoms with Crippen molar-refractivity contribution >= 4 is 40.4 Å². The molecule has 3 heterocycles. The molecule has 38 heavy (non-hydrogen) atoms. The lowest BCUT2D eigenvalue weighted by Gasteiger charge is -2.35. The van der Waals surface area contributed by atoms with Crippen LogP contribution in [-0.2, 0) is 4.79 Å². The van der Waals surface area contributed by atoms with Gasteiger partial charge in [-0.2, -0.15) is 9.97 Å². The summed E-state index contributed by atoms with van der Waals surface area (Å²) in [4.78, 5) is 34.9. The molecule has 1 amide bonds. The number of piperazine rings is 1. The van der Waals surface area contributed by atoms with Gasteiger partial charge in [0.1, 0.15) is 5.75 Å². The largest absolute Gasteiger partial charge is 0.483 e. The van der Waals surface area contributed by atoms with Gasteiger partial charge in [-0.25, -0.2) is 9.97 Å². The summed E-state index contributed by atoms with van der Waals surface area (Å²) in [6, 6.07) is 13.5. The number of benzene rings is 2. The summed E-state index contributed by atoms with van der Waals surface area (Å²) in [6.07, 6.45) is 1.66. The fourth-order valence-corrected chi connectivity index (χ4v) is 4.66. The molecule has 0 spiro atoms. The van der Waals surface area contributed by atoms with Gasteiger partial charge in [0.05, 0.1) is 11.9 Å². The van der Waals surface area contributed by atoms with Crippen LogP contribution in [0.3, 0.4) is 0 Å². The van der Waals surface area contributed by atoms with Crippen molar-refractivity contribution in [2.45, 2.75) is 26.7 Å². The van der Waals surface area contributed by atoms with Crippen molar-refractivity contribution in [2.24, 2.45) is 0 Å². The Morgan fingerprint density at radius 3 is 2.50 bits per heavy atom. The van der Waals surface area contributed by atoms with Gasteiger partial charge in [-0.05, 0) is 42.2 Å². The van der Waals surface area contributed by atoms with Gasteiger partial charge in [0.25, 0.3) is 5.91 Å². The Morgan fingerprint density at radius 1 is 1.05 bits per heavy atom. The maximum Gasteiger partial charge on any atom is 0.260 e. The number of nitrogens with two attached hydrogens (primary N) is 1. The van der Waals surface area contributed by atoms with Crippen LogP contribution in [0.15, 0.2) is 48.7 Å². The first-order valence-corrected chi connectivity index (χ1v) is 13.0. The third kappa shape index (κ3) is 5.47. The van der Waals surface area contributed by atoms with Gasteiger partial charge in [0, 0.05) is 36.8 Å². The van der Waals surface area contributed by atoms with Crippen LogP contribution < -0.4 is 15.4 Å². The lowest BCUT2D eigenvalue weighted by atomic mass is 10.0. The van der Waals surface area contributed by atoms with Gasteiger partial charge in [0.15, 0.2) is 23.6 Å². The monoisotopic (exact) mass is 531 g/mol. The molecule has 2 aromatic carbocycles. The zero-order chi connectivity index (χ0) is 26.8. The fourth-order valence-electron chi connectivity index (χ4n) is 4.53. The van der Waals surface area contributed by atoms with Crippen molar-refractivity contribution in [1.82, 2.24) is 24.8 Å². The number of nitrogens with zero attached hydrogens (tertiary/aromatic N) is 6. The summed E-state index contributed by atoms with van der Waals surface area (Å²) in [5.41, 5.74) is 10.8. The van der Waals surface area contributed by atoms with Crippen molar-refractivity contribution in [1.29, 1.82) is 0 Å². The molecular formula is C28H30ClN7O2. The van der Waals surface area contributed by atoms with Crippen LogP contribution in [0, 0.1) is 6.92 Å². The Kier molecular flexibility index (Phi) is 7.28. The molecule has 1 aliphatic rings. The predicted octanol–water partition coefficient (Wildman–Crippen LogP) is 4.48. The molecule has 4 aromatic rings. The molecule has 0 bridgehead atoms. The molecule has 0 radical (unpaired) electrons. The van der Waals surface area contributed by atoms with Crippen LogP contribution in [0.4, 0.5) is 11.8 Å². The maximum atomic E-state index is 13.0. The van der Waals surface area contributed by atoms with Gasteiger partial charge in [-0.1, -0.05) is 49.7 Å². The number of carbonyl (C=O) groups excluding carboxylic acids is 1. The lowest BCUT2D eigenvalue weighted by molar-refractivity contribution is -0.133. The minimum atomic E-state index is -0.0438. The van der Waals surface area contributed by atoms with Crippen LogP contribution in [0.25, 0.3) is 22.4 Å². The number of amides is 1. The SMILES string of the molecule is Cc1ccc(C(C)C)c(OCC(=O)N2CCN(c3nc(N)nc4ncc(-c5ccc(Cl)cc5)nc34)CC2)c1. The number of hydrogen-bond acceptors (Lipinski definition) is 8. The highest BCUT2D eigenvalue weighted by Crippen LogP contribution is 2.29. The van der Waals surface area contributed by atoms with Gasteiger partial charge in [0.2, 0.25) is 5.95 Å². The zero-order valence-electron chi connectivity index (χ0n) is 21.7. The Morgan fingerprint density at radius 2 is 1.79 bits per heavy atom. The molecule has 10 heteroatoms. The molecule has 0 aliphatic carbocycles. The van der Waals surface area contributed by atoms with E-state index in [1.807, 2.05) is 42.2 Å². The Labute approximate surface area is 226 Å². The van der Waals surface area contributed by atoms with Gasteiger partial charge >= 0.3 is 0 Å². The molecular weight excluding hydrogens is 502 g/mol. The van der Waals surface area contributed by atoms with E-state index in [-0.39, 0.29) is 18.5 Å². The van der Waals surface area contributed by atoms with Crippen molar-refractivity contribution in [2.75, 3.05) is 43.4 Å². The molecule has 9 nitrogen and oxygen atoms in total. The number of anilines is 2. The standard InChI is InChI=1S/C28H30ClN7O2/c1-17(2)21-9-4-18(3)14-23(21)38-16-24(37)35-10-12-36(13-11-35)27-25-26(33-28(30)34-27)31-15-22(32-25)19-5-7-20(29)8-6-19/h4-9,14-15,17H,10-13,16H2,1-3H3,(H2,30,31,33,34). The molecule has 0 atom stereocenters. The number of halogens is 1. The van der Waals surface area contributed by atoms with Crippen LogP contribution in [0.1, 0.15) is 30.9 Å². The molecule has 2 aromatic heterocycles. The van der Waals surface area contributed by atoms with E-state index in [1.54, 1.807) is 6.20 Å². The molecule has 196 valence electrons. The lowest BCUT2D eigenvalue weighted by Crippen LogP contribution is -2.50. The number of fused-ring (bicyclic) bond motifs is 1. The number of aromatic nitrogens is 4. The smallest absolute Gasteiger partial charge is 0.260 e. The highest BCUT2D eigenvalue weighted by atomic mass is 35.5. The van der Waals surface area contributed by atoms with E-state index < -0.39 is 0 Å². The first kappa shape index (κ1) is 25.7. The predicted molar refractivity (Wildman–Crippen MR) is 150 cm³/mol. The third-order valence-electron chi connectivity index (χ3n) is 6.62. The highest BCUT2D eigenvalue weighted by Gasteiger charge is 2.25. The number of nitrogen functional groups attached to an aromatic ring is 1. The highest BCUT2D eigenvalue weighted by molar-refractivity contribution is 6.30. The number of carbonyl (C=O) groups is 1. The van der Waals surface area contributed by atoms with Crippen molar-refractivity contribution in [3.8, 4) is 17.0 Å². The van der Waals surface area contributed by atoms with Crippen LogP contribution in [-0.4, -0.2) is 63.5 Å². The average molecular weight is 532 g/mol. The Hall–Kier alpha value is -3.98. The fraction of sp³-hybridized carbons (Fsp3) is 0.321. The molecule has 0 unspecified atom stereocenters. The van der Waals surface area contributed by atoms with Crippen molar-refractivity contribution < 1.29 is 9.53 Å². The Bertz CT molecular complexity index is 1470. The van der Waals surface area contributed by atoms with E-state index in [4.69, 9.17) is 27.1 Å². The number of aryl methyl sites for hydroxylation is 1. The molecule has 2 N–H and O–H groups in total. The second-order valence-electron chi connectivity index (χ2n) is 9.69. The summed E-state index contributed by atoms with van der Waals surface area (Å²) in [5, 5.41) is 0.649. The number of hydrogen-bond donors (Lipinski definition) is 1. The molecule has 5 rings (SSSR count). The van der Waals surface area contributed by atoms with E-state index in [2.05, 4.69) is 45.8 Å². The van der Waals surface area contributed by atoms with E-state index >= 15 is 0 Å². The van der Waals surface area contributed by atoms with Crippen molar-refractivity contribution in [3.05, 3.63) is 64.8 Å². The minimum absolute atomic E-state index is 0.00247. The summed E-state index contributed by atoms with van der Waals surface area (Å²) in [6.45, 7) is 8.46. The van der Waals surface area contributed by atoms with Gasteiger partial charge in [-0.3, -0.25) is 4.79 Å². The summed E-state index contributed by atoms with van der Waals surface area (Å²) in [7, 11) is 0. The second kappa shape index (κ2) is 10.8. The Balaban J connectivity index is 1.29. The van der Waals surface area contributed by atoms with Crippen LogP contribution >= 0.6 is 11.6 Å². The molecule has 0 saturated carbocycles. The average Bonchev–Trinajstić information content (AvgIpc) is 2.91. The van der Waals surface area contributed by atoms with E-state index in [1.165, 1.54) is 0 Å². The van der Waals surface area contributed by atoms with E-state index in [0.29, 0.717) is 59.8 Å². The first-order chi connectivity index (χ1) is 18.3. The summed E-state index contributed by atoms with van der Waals surface area (Å²) in [5.74, 6) is 1.78. The molecule has 1 saturated heterocycles. The molecule has 1 fully saturated rings. The van der Waals surface area contributed by atoms with Gasteiger partial charge < -0.3 is 20.3 Å². The van der Waals surface area contributed by atoms with E-state index in [9.17, 15) is 4.79 Å². The third-order valence-corrected chi connectivity index (χ3v) is 6.87. The minimum Gasteiger partial charge on any atom is -0.483 e.